The minimum absolute atomic E-state index is 0.00143. The number of likely N-dealkylation sites (tertiary alicyclic amines) is 1. The number of carbonyl (C=O) groups excluding carboxylic acids is 2. The van der Waals surface area contributed by atoms with Crippen molar-refractivity contribution in [3.63, 3.8) is 0 Å². The molecular formula is C23H28FN3O2. The SMILES string of the molecule is NC(=O)N[C@@H](CC(=O)N1CCC(CCc2ccccc2)CC1)c1ccccc1F. The van der Waals surface area contributed by atoms with Crippen LogP contribution in [0, 0.1) is 11.7 Å². The Morgan fingerprint density at radius 1 is 1.07 bits per heavy atom. The number of urea groups is 1. The maximum atomic E-state index is 14.1. The van der Waals surface area contributed by atoms with Crippen LogP contribution in [0.3, 0.4) is 0 Å². The Morgan fingerprint density at radius 3 is 2.38 bits per heavy atom. The van der Waals surface area contributed by atoms with Crippen molar-refractivity contribution in [2.45, 2.75) is 38.1 Å². The van der Waals surface area contributed by atoms with E-state index in [-0.39, 0.29) is 17.9 Å². The molecule has 154 valence electrons. The molecule has 1 aliphatic rings. The van der Waals surface area contributed by atoms with Gasteiger partial charge in [0.2, 0.25) is 5.91 Å². The van der Waals surface area contributed by atoms with Crippen molar-refractivity contribution in [1.82, 2.24) is 10.2 Å². The number of benzene rings is 2. The first kappa shape index (κ1) is 20.8. The zero-order valence-electron chi connectivity index (χ0n) is 16.5. The molecule has 1 atom stereocenters. The molecule has 1 heterocycles. The molecule has 3 amide bonds. The Balaban J connectivity index is 1.52. The van der Waals surface area contributed by atoms with Crippen LogP contribution >= 0.6 is 0 Å². The first-order valence-corrected chi connectivity index (χ1v) is 10.1. The lowest BCUT2D eigenvalue weighted by molar-refractivity contribution is -0.133. The molecule has 0 saturated carbocycles. The molecule has 0 bridgehead atoms. The summed E-state index contributed by atoms with van der Waals surface area (Å²) in [6.45, 7) is 1.39. The quantitative estimate of drug-likeness (QED) is 0.746. The lowest BCUT2D eigenvalue weighted by Gasteiger charge is -2.33. The minimum atomic E-state index is -0.773. The van der Waals surface area contributed by atoms with E-state index < -0.39 is 17.9 Å². The molecule has 2 aromatic rings. The highest BCUT2D eigenvalue weighted by atomic mass is 19.1. The van der Waals surface area contributed by atoms with E-state index in [2.05, 4.69) is 29.6 Å². The molecule has 3 N–H and O–H groups in total. The number of nitrogens with zero attached hydrogens (tertiary/aromatic N) is 1. The number of amides is 3. The molecule has 0 radical (unpaired) electrons. The third-order valence-electron chi connectivity index (χ3n) is 5.63. The summed E-state index contributed by atoms with van der Waals surface area (Å²) in [7, 11) is 0. The predicted octanol–water partition coefficient (Wildman–Crippen LogP) is 3.80. The maximum Gasteiger partial charge on any atom is 0.312 e. The van der Waals surface area contributed by atoms with Crippen LogP contribution in [0.5, 0.6) is 0 Å². The van der Waals surface area contributed by atoms with Gasteiger partial charge in [-0.15, -0.1) is 0 Å². The Morgan fingerprint density at radius 2 is 1.72 bits per heavy atom. The second kappa shape index (κ2) is 10.0. The van der Waals surface area contributed by atoms with Crippen LogP contribution in [-0.4, -0.2) is 29.9 Å². The van der Waals surface area contributed by atoms with Gasteiger partial charge in [0.1, 0.15) is 5.82 Å². The van der Waals surface area contributed by atoms with Crippen LogP contribution in [0.25, 0.3) is 0 Å². The zero-order chi connectivity index (χ0) is 20.6. The van der Waals surface area contributed by atoms with Gasteiger partial charge in [-0.25, -0.2) is 9.18 Å². The molecule has 1 aliphatic heterocycles. The average molecular weight is 397 g/mol. The number of carbonyl (C=O) groups is 2. The molecular weight excluding hydrogens is 369 g/mol. The van der Waals surface area contributed by atoms with E-state index >= 15 is 0 Å². The van der Waals surface area contributed by atoms with Gasteiger partial charge in [-0.1, -0.05) is 48.5 Å². The standard InChI is InChI=1S/C23H28FN3O2/c24-20-9-5-4-8-19(20)21(26-23(25)29)16-22(28)27-14-12-18(13-15-27)11-10-17-6-2-1-3-7-17/h1-9,18,21H,10-16H2,(H3,25,26,29)/t21-/m0/s1. The summed E-state index contributed by atoms with van der Waals surface area (Å²) in [5, 5.41) is 2.51. The molecule has 3 rings (SSSR count). The largest absolute Gasteiger partial charge is 0.352 e. The highest BCUT2D eigenvalue weighted by molar-refractivity contribution is 5.79. The Hall–Kier alpha value is -2.89. The molecule has 0 aliphatic carbocycles. The second-order valence-corrected chi connectivity index (χ2v) is 7.64. The van der Waals surface area contributed by atoms with Crippen LogP contribution in [0.4, 0.5) is 9.18 Å². The number of hydrogen-bond acceptors (Lipinski definition) is 2. The molecule has 1 fully saturated rings. The summed E-state index contributed by atoms with van der Waals surface area (Å²) in [4.78, 5) is 25.9. The summed E-state index contributed by atoms with van der Waals surface area (Å²) in [6.07, 6.45) is 4.10. The average Bonchev–Trinajstić information content (AvgIpc) is 2.73. The van der Waals surface area contributed by atoms with E-state index in [1.54, 1.807) is 18.2 Å². The number of nitrogens with two attached hydrogens (primary N) is 1. The highest BCUT2D eigenvalue weighted by Gasteiger charge is 2.26. The van der Waals surface area contributed by atoms with E-state index in [9.17, 15) is 14.0 Å². The molecule has 0 aromatic heterocycles. The smallest absolute Gasteiger partial charge is 0.312 e. The molecule has 1 saturated heterocycles. The van der Waals surface area contributed by atoms with E-state index in [1.807, 2.05) is 11.0 Å². The van der Waals surface area contributed by atoms with E-state index in [0.717, 1.165) is 25.7 Å². The fraction of sp³-hybridized carbons (Fsp3) is 0.391. The molecule has 5 nitrogen and oxygen atoms in total. The first-order chi connectivity index (χ1) is 14.0. The van der Waals surface area contributed by atoms with Crippen molar-refractivity contribution in [2.75, 3.05) is 13.1 Å². The van der Waals surface area contributed by atoms with Gasteiger partial charge < -0.3 is 16.0 Å². The van der Waals surface area contributed by atoms with Crippen LogP contribution in [-0.2, 0) is 11.2 Å². The molecule has 0 spiro atoms. The summed E-state index contributed by atoms with van der Waals surface area (Å²) in [5.74, 6) is 0.0533. The number of hydrogen-bond donors (Lipinski definition) is 2. The molecule has 29 heavy (non-hydrogen) atoms. The number of aryl methyl sites for hydroxylation is 1. The van der Waals surface area contributed by atoms with Gasteiger partial charge in [0.05, 0.1) is 12.5 Å². The fourth-order valence-electron chi connectivity index (χ4n) is 3.96. The van der Waals surface area contributed by atoms with Crippen molar-refractivity contribution in [1.29, 1.82) is 0 Å². The Kier molecular flexibility index (Phi) is 7.22. The van der Waals surface area contributed by atoms with Crippen molar-refractivity contribution in [3.8, 4) is 0 Å². The van der Waals surface area contributed by atoms with Crippen LogP contribution in [0.2, 0.25) is 0 Å². The molecule has 2 aromatic carbocycles. The molecule has 0 unspecified atom stereocenters. The summed E-state index contributed by atoms with van der Waals surface area (Å²) in [5.41, 5.74) is 6.86. The molecule has 6 heteroatoms. The van der Waals surface area contributed by atoms with E-state index in [1.165, 1.54) is 11.6 Å². The van der Waals surface area contributed by atoms with E-state index in [4.69, 9.17) is 5.73 Å². The summed E-state index contributed by atoms with van der Waals surface area (Å²) < 4.78 is 14.1. The van der Waals surface area contributed by atoms with Gasteiger partial charge in [0, 0.05) is 18.7 Å². The number of nitrogens with one attached hydrogen (secondary N) is 1. The van der Waals surface area contributed by atoms with Crippen LogP contribution in [0.1, 0.15) is 42.9 Å². The lowest BCUT2D eigenvalue weighted by atomic mass is 9.90. The summed E-state index contributed by atoms with van der Waals surface area (Å²) in [6, 6.07) is 15.0. The van der Waals surface area contributed by atoms with Gasteiger partial charge >= 0.3 is 6.03 Å². The Bertz CT molecular complexity index is 820. The minimum Gasteiger partial charge on any atom is -0.352 e. The van der Waals surface area contributed by atoms with Gasteiger partial charge in [-0.05, 0) is 43.2 Å². The van der Waals surface area contributed by atoms with Crippen molar-refractivity contribution in [3.05, 3.63) is 71.5 Å². The number of halogens is 1. The van der Waals surface area contributed by atoms with Gasteiger partial charge in [-0.3, -0.25) is 4.79 Å². The van der Waals surface area contributed by atoms with Crippen LogP contribution < -0.4 is 11.1 Å². The lowest BCUT2D eigenvalue weighted by Crippen LogP contribution is -2.42. The highest BCUT2D eigenvalue weighted by Crippen LogP contribution is 2.25. The fourth-order valence-corrected chi connectivity index (χ4v) is 3.96. The normalized spacial score (nSPS) is 15.7. The van der Waals surface area contributed by atoms with Gasteiger partial charge in [0.25, 0.3) is 0 Å². The third kappa shape index (κ3) is 6.04. The van der Waals surface area contributed by atoms with Gasteiger partial charge in [-0.2, -0.15) is 0 Å². The number of primary amides is 1. The summed E-state index contributed by atoms with van der Waals surface area (Å²) >= 11 is 0. The van der Waals surface area contributed by atoms with Crippen molar-refractivity contribution < 1.29 is 14.0 Å². The van der Waals surface area contributed by atoms with Crippen LogP contribution in [0.15, 0.2) is 54.6 Å². The topological polar surface area (TPSA) is 75.4 Å². The second-order valence-electron chi connectivity index (χ2n) is 7.64. The predicted molar refractivity (Wildman–Crippen MR) is 111 cm³/mol. The van der Waals surface area contributed by atoms with Crippen molar-refractivity contribution >= 4 is 11.9 Å². The number of rotatable bonds is 7. The zero-order valence-corrected chi connectivity index (χ0v) is 16.5. The van der Waals surface area contributed by atoms with Gasteiger partial charge in [0.15, 0.2) is 0 Å². The third-order valence-corrected chi connectivity index (χ3v) is 5.63. The monoisotopic (exact) mass is 397 g/mol. The van der Waals surface area contributed by atoms with Crippen molar-refractivity contribution in [2.24, 2.45) is 11.7 Å². The maximum absolute atomic E-state index is 14.1. The Labute approximate surface area is 171 Å². The number of piperidine rings is 1. The van der Waals surface area contributed by atoms with E-state index in [0.29, 0.717) is 19.0 Å². The first-order valence-electron chi connectivity index (χ1n) is 10.1.